The molecule has 0 spiro atoms. The highest BCUT2D eigenvalue weighted by Gasteiger charge is 2.14. The second-order valence-corrected chi connectivity index (χ2v) is 4.33. The smallest absolute Gasteiger partial charge is 0.339 e. The molecule has 0 fully saturated rings. The van der Waals surface area contributed by atoms with Crippen LogP contribution in [0.1, 0.15) is 10.4 Å². The number of nitrogens with zero attached hydrogens (tertiary/aromatic N) is 1. The zero-order valence-electron chi connectivity index (χ0n) is 8.88. The Morgan fingerprint density at radius 3 is 2.83 bits per heavy atom. The number of carboxylic acid groups (broad SMARTS) is 1. The summed E-state index contributed by atoms with van der Waals surface area (Å²) >= 11 is 1.78. The second kappa shape index (κ2) is 5.17. The molecule has 0 saturated heterocycles. The van der Waals surface area contributed by atoms with E-state index in [4.69, 9.17) is 9.84 Å². The van der Waals surface area contributed by atoms with Crippen LogP contribution in [0, 0.1) is 3.57 Å². The third-order valence-electron chi connectivity index (χ3n) is 2.09. The van der Waals surface area contributed by atoms with Gasteiger partial charge < -0.3 is 14.8 Å². The average Bonchev–Trinajstić information content (AvgIpc) is 2.35. The summed E-state index contributed by atoms with van der Waals surface area (Å²) in [5, 5.41) is 9.00. The van der Waals surface area contributed by atoms with Crippen molar-refractivity contribution in [3.63, 3.8) is 0 Å². The number of carboxylic acids is 1. The number of hydrogen-bond donors (Lipinski definition) is 2. The van der Waals surface area contributed by atoms with Gasteiger partial charge in [-0.25, -0.2) is 9.78 Å². The van der Waals surface area contributed by atoms with Crippen LogP contribution in [-0.4, -0.2) is 21.0 Å². The van der Waals surface area contributed by atoms with Gasteiger partial charge in [0.1, 0.15) is 14.9 Å². The Bertz CT molecular complexity index is 653. The number of nitrogens with one attached hydrogen (secondary N) is 1. The van der Waals surface area contributed by atoms with Gasteiger partial charge in [-0.2, -0.15) is 0 Å². The highest BCUT2D eigenvalue weighted by atomic mass is 127. The summed E-state index contributed by atoms with van der Waals surface area (Å²) in [4.78, 5) is 28.6. The van der Waals surface area contributed by atoms with Crippen LogP contribution in [0.3, 0.4) is 0 Å². The minimum Gasteiger partial charge on any atom is -0.478 e. The molecular formula is C11H7IN2O4. The first-order valence-electron chi connectivity index (χ1n) is 4.83. The molecule has 2 rings (SSSR count). The van der Waals surface area contributed by atoms with Crippen LogP contribution in [0.25, 0.3) is 0 Å². The molecule has 0 radical (unpaired) electrons. The van der Waals surface area contributed by atoms with Crippen molar-refractivity contribution in [1.82, 2.24) is 9.97 Å². The van der Waals surface area contributed by atoms with Gasteiger partial charge in [-0.05, 0) is 34.7 Å². The fourth-order valence-electron chi connectivity index (χ4n) is 1.27. The van der Waals surface area contributed by atoms with E-state index in [1.54, 1.807) is 34.7 Å². The van der Waals surface area contributed by atoms with Gasteiger partial charge in [-0.3, -0.25) is 4.79 Å². The van der Waals surface area contributed by atoms with E-state index in [0.29, 0.717) is 0 Å². The van der Waals surface area contributed by atoms with Crippen molar-refractivity contribution in [1.29, 1.82) is 0 Å². The third kappa shape index (κ3) is 2.50. The number of aromatic nitrogens is 2. The van der Waals surface area contributed by atoms with Crippen LogP contribution in [0.15, 0.2) is 35.4 Å². The fourth-order valence-corrected chi connectivity index (χ4v) is 1.68. The molecule has 0 aliphatic heterocycles. The summed E-state index contributed by atoms with van der Waals surface area (Å²) in [6.45, 7) is 0. The Morgan fingerprint density at radius 1 is 1.39 bits per heavy atom. The first-order chi connectivity index (χ1) is 8.59. The molecule has 1 aromatic carbocycles. The lowest BCUT2D eigenvalue weighted by Crippen LogP contribution is -2.11. The molecule has 0 saturated carbocycles. The summed E-state index contributed by atoms with van der Waals surface area (Å²) in [6.07, 6.45) is 1.20. The molecule has 0 amide bonds. The van der Waals surface area contributed by atoms with Crippen LogP contribution in [0.5, 0.6) is 11.6 Å². The maximum atomic E-state index is 11.3. The van der Waals surface area contributed by atoms with Crippen molar-refractivity contribution in [3.05, 3.63) is 50.1 Å². The molecular weight excluding hydrogens is 351 g/mol. The maximum absolute atomic E-state index is 11.3. The standard InChI is InChI=1S/C11H7IN2O4/c12-8-9(15)13-5-14-10(8)18-7-4-2-1-3-6(7)11(16)17/h1-5H,(H,16,17)(H,13,14,15). The first-order valence-corrected chi connectivity index (χ1v) is 5.91. The van der Waals surface area contributed by atoms with E-state index in [2.05, 4.69) is 9.97 Å². The lowest BCUT2D eigenvalue weighted by atomic mass is 10.2. The van der Waals surface area contributed by atoms with Gasteiger partial charge in [-0.1, -0.05) is 12.1 Å². The number of hydrogen-bond acceptors (Lipinski definition) is 4. The minimum absolute atomic E-state index is 0.00961. The molecule has 1 aromatic heterocycles. The molecule has 1 heterocycles. The van der Waals surface area contributed by atoms with Crippen molar-refractivity contribution in [2.24, 2.45) is 0 Å². The van der Waals surface area contributed by atoms with Crippen molar-refractivity contribution in [2.75, 3.05) is 0 Å². The van der Waals surface area contributed by atoms with Gasteiger partial charge in [0.15, 0.2) is 0 Å². The van der Waals surface area contributed by atoms with Crippen molar-refractivity contribution in [3.8, 4) is 11.6 Å². The van der Waals surface area contributed by atoms with Crippen LogP contribution < -0.4 is 10.3 Å². The normalized spacial score (nSPS) is 10.1. The monoisotopic (exact) mass is 358 g/mol. The number of H-pyrrole nitrogens is 1. The maximum Gasteiger partial charge on any atom is 0.339 e. The van der Waals surface area contributed by atoms with E-state index in [9.17, 15) is 9.59 Å². The summed E-state index contributed by atoms with van der Waals surface area (Å²) in [5.41, 5.74) is -0.330. The van der Waals surface area contributed by atoms with E-state index < -0.39 is 5.97 Å². The molecule has 6 nitrogen and oxygen atoms in total. The second-order valence-electron chi connectivity index (χ2n) is 3.25. The van der Waals surface area contributed by atoms with E-state index in [-0.39, 0.29) is 26.3 Å². The summed E-state index contributed by atoms with van der Waals surface area (Å²) in [5.74, 6) is -0.889. The van der Waals surface area contributed by atoms with Crippen molar-refractivity contribution < 1.29 is 14.6 Å². The Morgan fingerprint density at radius 2 is 2.11 bits per heavy atom. The van der Waals surface area contributed by atoms with Crippen LogP contribution in [0.4, 0.5) is 0 Å². The number of ether oxygens (including phenoxy) is 1. The zero-order chi connectivity index (χ0) is 13.1. The van der Waals surface area contributed by atoms with E-state index in [1.807, 2.05) is 0 Å². The van der Waals surface area contributed by atoms with Crippen LogP contribution >= 0.6 is 22.6 Å². The number of aromatic amines is 1. The van der Waals surface area contributed by atoms with Gasteiger partial charge in [0.05, 0.1) is 6.33 Å². The Labute approximate surface area is 115 Å². The quantitative estimate of drug-likeness (QED) is 0.818. The molecule has 0 aliphatic carbocycles. The highest BCUT2D eigenvalue weighted by molar-refractivity contribution is 14.1. The van der Waals surface area contributed by atoms with Gasteiger partial charge in [0.2, 0.25) is 5.88 Å². The lowest BCUT2D eigenvalue weighted by Gasteiger charge is -2.07. The highest BCUT2D eigenvalue weighted by Crippen LogP contribution is 2.25. The number of benzene rings is 1. The van der Waals surface area contributed by atoms with Crippen LogP contribution in [-0.2, 0) is 0 Å². The lowest BCUT2D eigenvalue weighted by molar-refractivity contribution is 0.0694. The van der Waals surface area contributed by atoms with Crippen molar-refractivity contribution in [2.45, 2.75) is 0 Å². The Balaban J connectivity index is 2.43. The number of aromatic carboxylic acids is 1. The van der Waals surface area contributed by atoms with Gasteiger partial charge in [0, 0.05) is 0 Å². The minimum atomic E-state index is -1.11. The zero-order valence-corrected chi connectivity index (χ0v) is 11.0. The predicted octanol–water partition coefficient (Wildman–Crippen LogP) is 1.86. The molecule has 0 aliphatic rings. The van der Waals surface area contributed by atoms with E-state index >= 15 is 0 Å². The van der Waals surface area contributed by atoms with Gasteiger partial charge in [0.25, 0.3) is 5.56 Å². The summed E-state index contributed by atoms with van der Waals surface area (Å²) < 4.78 is 5.62. The topological polar surface area (TPSA) is 92.3 Å². The summed E-state index contributed by atoms with van der Waals surface area (Å²) in [6, 6.07) is 6.15. The number of para-hydroxylation sites is 1. The average molecular weight is 358 g/mol. The molecule has 0 atom stereocenters. The molecule has 7 heteroatoms. The SMILES string of the molecule is O=C(O)c1ccccc1Oc1nc[nH]c(=O)c1I. The molecule has 92 valence electrons. The van der Waals surface area contributed by atoms with E-state index in [0.717, 1.165) is 0 Å². The largest absolute Gasteiger partial charge is 0.478 e. The van der Waals surface area contributed by atoms with E-state index in [1.165, 1.54) is 18.5 Å². The molecule has 2 aromatic rings. The Hall–Kier alpha value is -1.90. The van der Waals surface area contributed by atoms with Crippen molar-refractivity contribution >= 4 is 28.6 Å². The number of halogens is 1. The first kappa shape index (κ1) is 12.6. The molecule has 18 heavy (non-hydrogen) atoms. The molecule has 0 unspecified atom stereocenters. The van der Waals surface area contributed by atoms with Crippen LogP contribution in [0.2, 0.25) is 0 Å². The fraction of sp³-hybridized carbons (Fsp3) is 0. The molecule has 2 N–H and O–H groups in total. The Kier molecular flexibility index (Phi) is 3.60. The number of rotatable bonds is 3. The number of carbonyl (C=O) groups is 1. The van der Waals surface area contributed by atoms with Gasteiger partial charge >= 0.3 is 5.97 Å². The third-order valence-corrected chi connectivity index (χ3v) is 3.04. The predicted molar refractivity (Wildman–Crippen MR) is 71.1 cm³/mol. The molecule has 0 bridgehead atoms. The van der Waals surface area contributed by atoms with Gasteiger partial charge in [-0.15, -0.1) is 0 Å². The summed E-state index contributed by atoms with van der Waals surface area (Å²) in [7, 11) is 0.